The zero-order chi connectivity index (χ0) is 29.3. The Kier molecular flexibility index (Phi) is 23.8. The van der Waals surface area contributed by atoms with Crippen LogP contribution in [0.25, 0.3) is 0 Å². The molecule has 0 amide bonds. The molecule has 0 saturated heterocycles. The maximum atomic E-state index is 13.4. The Balaban J connectivity index is -0.000000735. The van der Waals surface area contributed by atoms with Gasteiger partial charge in [0.15, 0.2) is 17.3 Å². The molecule has 1 aliphatic carbocycles. The van der Waals surface area contributed by atoms with Crippen LogP contribution in [0.15, 0.2) is 68.1 Å². The number of carbonyl (C=O) groups excluding carboxylic acids is 2. The summed E-state index contributed by atoms with van der Waals surface area (Å²) in [6, 6.07) is 7.85. The van der Waals surface area contributed by atoms with Gasteiger partial charge < -0.3 is 44.9 Å². The van der Waals surface area contributed by atoms with Crippen molar-refractivity contribution in [3.63, 3.8) is 0 Å². The van der Waals surface area contributed by atoms with Crippen molar-refractivity contribution in [2.45, 2.75) is 19.6 Å². The van der Waals surface area contributed by atoms with Crippen LogP contribution in [0.2, 0.25) is 0 Å². The second kappa shape index (κ2) is 19.8. The first-order valence-corrected chi connectivity index (χ1v) is 15.4. The maximum absolute atomic E-state index is 13.4. The van der Waals surface area contributed by atoms with Gasteiger partial charge in [-0.1, -0.05) is 30.3 Å². The molecule has 4 rings (SSSR count). The summed E-state index contributed by atoms with van der Waals surface area (Å²) in [5, 5.41) is 0. The van der Waals surface area contributed by atoms with Gasteiger partial charge in [0.05, 0.1) is 26.5 Å². The van der Waals surface area contributed by atoms with Gasteiger partial charge in [-0.25, -0.2) is 33.7 Å². The summed E-state index contributed by atoms with van der Waals surface area (Å²) in [7, 11) is -24.5. The Morgan fingerprint density at radius 3 is 1.30 bits per heavy atom. The van der Waals surface area contributed by atoms with Crippen molar-refractivity contribution < 1.29 is 206 Å². The van der Waals surface area contributed by atoms with E-state index in [0.717, 1.165) is 18.2 Å². The van der Waals surface area contributed by atoms with Gasteiger partial charge >= 0.3 is 118 Å². The standard InChI is InChI=1S/C20H12O15S4.4Na.4H2O/c21-15-10-7-4-8-11(36(23,24)25)12(10)16(22)14-13(15)18(37(26,27)28)17(35-9-5-2-1-3-6-9)20(39(32,33)34)19(14)38(29,30)31;;;;;;;;/h1-8H,(H,23,24,25)(H,26,27,28)(H,29,30,31)(H,32,33,34);;;;;4*1H2/q;4*+1;;;;/p-4. The number of fused-ring (bicyclic) bond motifs is 2. The zero-order valence-electron chi connectivity index (χ0n) is 24.4. The third-order valence-corrected chi connectivity index (χ3v) is 8.95. The van der Waals surface area contributed by atoms with Crippen molar-refractivity contribution in [2.75, 3.05) is 0 Å². The minimum atomic E-state index is -6.35. The van der Waals surface area contributed by atoms with E-state index < -0.39 is 105 Å². The molecular weight excluding hydrogens is 764 g/mol. The molecule has 47 heavy (non-hydrogen) atoms. The molecule has 0 heterocycles. The second-order valence-electron chi connectivity index (χ2n) is 7.64. The van der Waals surface area contributed by atoms with E-state index in [1.165, 1.54) is 18.2 Å². The molecule has 0 atom stereocenters. The smallest absolute Gasteiger partial charge is 0.744 e. The number of ether oxygens (including phenoxy) is 1. The summed E-state index contributed by atoms with van der Waals surface area (Å²) in [6.45, 7) is 0. The first-order valence-electron chi connectivity index (χ1n) is 9.79. The van der Waals surface area contributed by atoms with E-state index >= 15 is 0 Å². The molecule has 3 aromatic rings. The van der Waals surface area contributed by atoms with Gasteiger partial charge in [0.25, 0.3) is 0 Å². The number of rotatable bonds is 6. The summed E-state index contributed by atoms with van der Waals surface area (Å²) in [5.74, 6) is -6.19. The fourth-order valence-corrected chi connectivity index (χ4v) is 7.57. The van der Waals surface area contributed by atoms with Crippen molar-refractivity contribution in [3.8, 4) is 11.5 Å². The number of hydrogen-bond donors (Lipinski definition) is 0. The van der Waals surface area contributed by atoms with Crippen LogP contribution in [0.3, 0.4) is 0 Å². The van der Waals surface area contributed by atoms with Gasteiger partial charge in [-0.15, -0.1) is 0 Å². The summed E-state index contributed by atoms with van der Waals surface area (Å²) in [4.78, 5) is 18.8. The van der Waals surface area contributed by atoms with Gasteiger partial charge in [0.2, 0.25) is 0 Å². The molecule has 0 fully saturated rings. The van der Waals surface area contributed by atoms with E-state index in [-0.39, 0.29) is 140 Å². The molecular formula is C20H16Na4O19S4. The average molecular weight is 781 g/mol. The van der Waals surface area contributed by atoms with Crippen LogP contribution >= 0.6 is 0 Å². The molecule has 27 heteroatoms. The molecule has 0 unspecified atom stereocenters. The molecule has 0 saturated carbocycles. The minimum absolute atomic E-state index is 0. The van der Waals surface area contributed by atoms with E-state index in [0.29, 0.717) is 12.1 Å². The van der Waals surface area contributed by atoms with Crippen LogP contribution in [-0.2, 0) is 40.5 Å². The summed E-state index contributed by atoms with van der Waals surface area (Å²) in [5.41, 5.74) is -5.97. The molecule has 0 radical (unpaired) electrons. The Labute approximate surface area is 355 Å². The summed E-state index contributed by atoms with van der Waals surface area (Å²) >= 11 is 0. The largest absolute Gasteiger partial charge is 1.00 e. The quantitative estimate of drug-likeness (QED) is 0.129. The van der Waals surface area contributed by atoms with E-state index in [9.17, 15) is 61.5 Å². The third-order valence-electron chi connectivity index (χ3n) is 5.26. The summed E-state index contributed by atoms with van der Waals surface area (Å²) in [6.07, 6.45) is 0. The van der Waals surface area contributed by atoms with Gasteiger partial charge in [0, 0.05) is 5.56 Å². The predicted molar refractivity (Wildman–Crippen MR) is 133 cm³/mol. The summed E-state index contributed by atoms with van der Waals surface area (Å²) < 4.78 is 151. The molecule has 1 aliphatic rings. The monoisotopic (exact) mass is 780 g/mol. The van der Waals surface area contributed by atoms with Crippen LogP contribution in [0, 0.1) is 0 Å². The molecule has 8 N–H and O–H groups in total. The topological polar surface area (TPSA) is 398 Å². The first-order chi connectivity index (χ1) is 17.8. The Morgan fingerprint density at radius 1 is 0.468 bits per heavy atom. The first kappa shape index (κ1) is 56.6. The van der Waals surface area contributed by atoms with Gasteiger partial charge in [-0.05, 0) is 18.2 Å². The number of para-hydroxylation sites is 1. The predicted octanol–water partition coefficient (Wildman–Crippen LogP) is -15.4. The van der Waals surface area contributed by atoms with E-state index in [2.05, 4.69) is 0 Å². The SMILES string of the molecule is O.O.O.O.O=C1c2cccc(S(=O)(=O)[O-])c2C(=O)c2c1c(S(=O)(=O)[O-])c(Oc1ccccc1)c(S(=O)(=O)[O-])c2S(=O)(=O)[O-].[Na+].[Na+].[Na+].[Na+]. The van der Waals surface area contributed by atoms with E-state index in [1.54, 1.807) is 0 Å². The molecule has 19 nitrogen and oxygen atoms in total. The maximum Gasteiger partial charge on any atom is 1.00 e. The van der Waals surface area contributed by atoms with E-state index in [1.807, 2.05) is 0 Å². The zero-order valence-corrected chi connectivity index (χ0v) is 35.6. The van der Waals surface area contributed by atoms with Gasteiger partial charge in [-0.3, -0.25) is 9.59 Å². The van der Waals surface area contributed by atoms with Crippen LogP contribution < -0.4 is 123 Å². The normalized spacial score (nSPS) is 11.7. The van der Waals surface area contributed by atoms with Crippen LogP contribution in [0.4, 0.5) is 0 Å². The van der Waals surface area contributed by atoms with Crippen molar-refractivity contribution in [2.24, 2.45) is 0 Å². The Morgan fingerprint density at radius 2 is 0.894 bits per heavy atom. The Hall–Kier alpha value is 0.280. The minimum Gasteiger partial charge on any atom is -0.744 e. The van der Waals surface area contributed by atoms with Crippen molar-refractivity contribution in [3.05, 3.63) is 70.8 Å². The fraction of sp³-hybridized carbons (Fsp3) is 0. The van der Waals surface area contributed by atoms with E-state index in [4.69, 9.17) is 4.74 Å². The van der Waals surface area contributed by atoms with Gasteiger partial charge in [0.1, 0.15) is 56.0 Å². The third kappa shape index (κ3) is 11.1. The Bertz CT molecular complexity index is 2070. The van der Waals surface area contributed by atoms with Crippen LogP contribution in [0.1, 0.15) is 31.8 Å². The van der Waals surface area contributed by atoms with Crippen molar-refractivity contribution >= 4 is 52.0 Å². The molecule has 0 spiro atoms. The number of ketones is 2. The average Bonchev–Trinajstić information content (AvgIpc) is 2.79. The second-order valence-corrected chi connectivity index (χ2v) is 12.9. The number of carbonyl (C=O) groups is 2. The number of benzene rings is 3. The molecule has 3 aromatic carbocycles. The van der Waals surface area contributed by atoms with Crippen LogP contribution in [0.5, 0.6) is 11.5 Å². The molecule has 0 bridgehead atoms. The molecule has 238 valence electrons. The van der Waals surface area contributed by atoms with Crippen LogP contribution in [-0.4, -0.2) is 85.4 Å². The molecule has 0 aliphatic heterocycles. The number of hydrogen-bond acceptors (Lipinski definition) is 15. The van der Waals surface area contributed by atoms with Crippen molar-refractivity contribution in [1.29, 1.82) is 0 Å². The molecule has 0 aromatic heterocycles. The fourth-order valence-electron chi connectivity index (χ4n) is 3.92. The van der Waals surface area contributed by atoms with Gasteiger partial charge in [-0.2, -0.15) is 0 Å². The van der Waals surface area contributed by atoms with Crippen molar-refractivity contribution in [1.82, 2.24) is 0 Å².